The van der Waals surface area contributed by atoms with Crippen LogP contribution in [0.1, 0.15) is 4.88 Å². The maximum Gasteiger partial charge on any atom is 0.353 e. The van der Waals surface area contributed by atoms with Crippen LogP contribution in [0.2, 0.25) is 0 Å². The van der Waals surface area contributed by atoms with E-state index in [4.69, 9.17) is 0 Å². The molecule has 2 heterocycles. The fourth-order valence-corrected chi connectivity index (χ4v) is 2.87. The Morgan fingerprint density at radius 1 is 1.47 bits per heavy atom. The Kier molecular flexibility index (Phi) is 4.27. The number of halogens is 1. The van der Waals surface area contributed by atoms with Gasteiger partial charge < -0.3 is 10.6 Å². The number of aromatic nitrogens is 2. The Morgan fingerprint density at radius 2 is 2.21 bits per heavy atom. The minimum Gasteiger partial charge on any atom is -0.367 e. The van der Waals surface area contributed by atoms with Crippen molar-refractivity contribution in [2.45, 2.75) is 6.54 Å². The molecule has 0 aliphatic rings. The normalized spacial score (nSPS) is 10.2. The van der Waals surface area contributed by atoms with E-state index in [1.54, 1.807) is 18.4 Å². The number of nitrogens with one attached hydrogen (secondary N) is 2. The second kappa shape index (κ2) is 5.93. The third-order valence-electron chi connectivity index (χ3n) is 2.29. The van der Waals surface area contributed by atoms with E-state index in [-0.39, 0.29) is 17.3 Å². The van der Waals surface area contributed by atoms with Gasteiger partial charge in [-0.2, -0.15) is 0 Å². The van der Waals surface area contributed by atoms with Crippen LogP contribution in [-0.2, 0) is 6.54 Å². The van der Waals surface area contributed by atoms with Crippen LogP contribution >= 0.6 is 27.3 Å². The molecule has 2 aromatic rings. The SMILES string of the molecule is CNc1ncnc(NCc2cc(Br)cs2)c1[N+](=O)[O-]. The molecule has 0 saturated carbocycles. The summed E-state index contributed by atoms with van der Waals surface area (Å²) in [5.74, 6) is 0.392. The summed E-state index contributed by atoms with van der Waals surface area (Å²) in [6, 6.07) is 1.95. The molecule has 0 amide bonds. The van der Waals surface area contributed by atoms with E-state index in [1.165, 1.54) is 6.33 Å². The van der Waals surface area contributed by atoms with Crippen molar-refractivity contribution in [3.05, 3.63) is 37.2 Å². The number of thiophene rings is 1. The highest BCUT2D eigenvalue weighted by molar-refractivity contribution is 9.10. The standard InChI is InChI=1S/C10H10BrN5O2S/c1-12-9-8(16(17)18)10(15-5-14-9)13-3-7-2-6(11)4-19-7/h2,4-5H,3H2,1H3,(H2,12,13,14,15). The monoisotopic (exact) mass is 343 g/mol. The number of nitrogens with zero attached hydrogens (tertiary/aromatic N) is 3. The number of nitro groups is 1. The van der Waals surface area contributed by atoms with Crippen molar-refractivity contribution < 1.29 is 4.92 Å². The van der Waals surface area contributed by atoms with Gasteiger partial charge in [0, 0.05) is 21.8 Å². The molecule has 0 unspecified atom stereocenters. The van der Waals surface area contributed by atoms with Gasteiger partial charge in [0.15, 0.2) is 0 Å². The molecule has 2 aromatic heterocycles. The first-order valence-electron chi connectivity index (χ1n) is 5.25. The van der Waals surface area contributed by atoms with E-state index in [0.717, 1.165) is 9.35 Å². The summed E-state index contributed by atoms with van der Waals surface area (Å²) in [6.07, 6.45) is 1.28. The molecule has 0 fully saturated rings. The second-order valence-corrected chi connectivity index (χ2v) is 5.42. The predicted molar refractivity (Wildman–Crippen MR) is 77.6 cm³/mol. The fraction of sp³-hybridized carbons (Fsp3) is 0.200. The largest absolute Gasteiger partial charge is 0.367 e. The van der Waals surface area contributed by atoms with Crippen LogP contribution in [0.3, 0.4) is 0 Å². The first-order chi connectivity index (χ1) is 9.11. The lowest BCUT2D eigenvalue weighted by atomic mass is 10.4. The average Bonchev–Trinajstić information content (AvgIpc) is 2.81. The Morgan fingerprint density at radius 3 is 2.79 bits per heavy atom. The number of hydrogen-bond donors (Lipinski definition) is 2. The highest BCUT2D eigenvalue weighted by Gasteiger charge is 2.21. The molecule has 19 heavy (non-hydrogen) atoms. The van der Waals surface area contributed by atoms with Crippen LogP contribution in [-0.4, -0.2) is 21.9 Å². The summed E-state index contributed by atoms with van der Waals surface area (Å²) in [4.78, 5) is 19.4. The third kappa shape index (κ3) is 3.18. The van der Waals surface area contributed by atoms with Crippen LogP contribution in [0.5, 0.6) is 0 Å². The summed E-state index contributed by atoms with van der Waals surface area (Å²) in [5, 5.41) is 18.6. The lowest BCUT2D eigenvalue weighted by Crippen LogP contribution is -2.07. The molecule has 0 radical (unpaired) electrons. The van der Waals surface area contributed by atoms with Crippen LogP contribution < -0.4 is 10.6 Å². The van der Waals surface area contributed by atoms with Gasteiger partial charge in [-0.1, -0.05) is 0 Å². The molecule has 0 aromatic carbocycles. The highest BCUT2D eigenvalue weighted by atomic mass is 79.9. The molecule has 2 N–H and O–H groups in total. The zero-order chi connectivity index (χ0) is 13.8. The van der Waals surface area contributed by atoms with Crippen molar-refractivity contribution in [2.75, 3.05) is 17.7 Å². The van der Waals surface area contributed by atoms with Crippen LogP contribution in [0.25, 0.3) is 0 Å². The molecular weight excluding hydrogens is 334 g/mol. The van der Waals surface area contributed by atoms with Crippen LogP contribution in [0.4, 0.5) is 17.3 Å². The molecule has 0 aliphatic heterocycles. The lowest BCUT2D eigenvalue weighted by molar-refractivity contribution is -0.383. The van der Waals surface area contributed by atoms with Gasteiger partial charge in [-0.05, 0) is 22.0 Å². The number of hydrogen-bond acceptors (Lipinski definition) is 7. The summed E-state index contributed by atoms with van der Waals surface area (Å²) in [7, 11) is 1.58. The van der Waals surface area contributed by atoms with Gasteiger partial charge in [0.05, 0.1) is 11.5 Å². The van der Waals surface area contributed by atoms with E-state index < -0.39 is 4.92 Å². The van der Waals surface area contributed by atoms with E-state index in [1.807, 2.05) is 11.4 Å². The van der Waals surface area contributed by atoms with Crippen LogP contribution in [0, 0.1) is 10.1 Å². The molecule has 100 valence electrons. The first-order valence-corrected chi connectivity index (χ1v) is 6.93. The van der Waals surface area contributed by atoms with Crippen LogP contribution in [0.15, 0.2) is 22.2 Å². The van der Waals surface area contributed by atoms with E-state index >= 15 is 0 Å². The minimum atomic E-state index is -0.501. The Balaban J connectivity index is 2.22. The van der Waals surface area contributed by atoms with E-state index in [2.05, 4.69) is 36.5 Å². The van der Waals surface area contributed by atoms with Crippen molar-refractivity contribution in [3.8, 4) is 0 Å². The Hall–Kier alpha value is -1.74. The molecule has 9 heteroatoms. The fourth-order valence-electron chi connectivity index (χ4n) is 1.48. The van der Waals surface area contributed by atoms with E-state index in [9.17, 15) is 10.1 Å². The zero-order valence-electron chi connectivity index (χ0n) is 9.88. The van der Waals surface area contributed by atoms with E-state index in [0.29, 0.717) is 6.54 Å². The average molecular weight is 344 g/mol. The number of anilines is 2. The summed E-state index contributed by atoms with van der Waals surface area (Å²) < 4.78 is 0.988. The van der Waals surface area contributed by atoms with Crippen molar-refractivity contribution >= 4 is 44.6 Å². The molecule has 0 aliphatic carbocycles. The van der Waals surface area contributed by atoms with Gasteiger partial charge in [-0.25, -0.2) is 9.97 Å². The maximum atomic E-state index is 11.1. The smallest absolute Gasteiger partial charge is 0.353 e. The zero-order valence-corrected chi connectivity index (χ0v) is 12.3. The minimum absolute atomic E-state index is 0.152. The van der Waals surface area contributed by atoms with Gasteiger partial charge in [-0.3, -0.25) is 10.1 Å². The Labute approximate surface area is 121 Å². The lowest BCUT2D eigenvalue weighted by Gasteiger charge is -2.07. The van der Waals surface area contributed by atoms with Crippen molar-refractivity contribution in [1.29, 1.82) is 0 Å². The van der Waals surface area contributed by atoms with Crippen molar-refractivity contribution in [3.63, 3.8) is 0 Å². The van der Waals surface area contributed by atoms with Crippen molar-refractivity contribution in [1.82, 2.24) is 9.97 Å². The van der Waals surface area contributed by atoms with Crippen molar-refractivity contribution in [2.24, 2.45) is 0 Å². The quantitative estimate of drug-likeness (QED) is 0.640. The van der Waals surface area contributed by atoms with Gasteiger partial charge in [0.1, 0.15) is 6.33 Å². The molecule has 2 rings (SSSR count). The molecule has 7 nitrogen and oxygen atoms in total. The molecule has 0 saturated heterocycles. The maximum absolute atomic E-state index is 11.1. The summed E-state index contributed by atoms with van der Waals surface area (Å²) in [5.41, 5.74) is -0.152. The predicted octanol–water partition coefficient (Wildman–Crippen LogP) is 2.86. The Bertz CT molecular complexity index is 603. The molecule has 0 bridgehead atoms. The second-order valence-electron chi connectivity index (χ2n) is 3.51. The number of rotatable bonds is 5. The third-order valence-corrected chi connectivity index (χ3v) is 3.99. The molecular formula is C10H10BrN5O2S. The first kappa shape index (κ1) is 13.7. The van der Waals surface area contributed by atoms with Gasteiger partial charge in [-0.15, -0.1) is 11.3 Å². The van der Waals surface area contributed by atoms with Gasteiger partial charge in [0.2, 0.25) is 11.6 Å². The summed E-state index contributed by atoms with van der Waals surface area (Å²) in [6.45, 7) is 0.470. The molecule has 0 spiro atoms. The summed E-state index contributed by atoms with van der Waals surface area (Å²) >= 11 is 4.91. The highest BCUT2D eigenvalue weighted by Crippen LogP contribution is 2.29. The molecule has 0 atom stereocenters. The van der Waals surface area contributed by atoms with Gasteiger partial charge >= 0.3 is 5.69 Å². The topological polar surface area (TPSA) is 93.0 Å². The van der Waals surface area contributed by atoms with Gasteiger partial charge in [0.25, 0.3) is 0 Å².